The van der Waals surface area contributed by atoms with Crippen LogP contribution in [0.25, 0.3) is 0 Å². The second-order valence-electron chi connectivity index (χ2n) is 5.26. The molecule has 1 saturated carbocycles. The number of amides is 1. The summed E-state index contributed by atoms with van der Waals surface area (Å²) in [5, 5.41) is 3.18. The van der Waals surface area contributed by atoms with Crippen LogP contribution in [-0.2, 0) is 0 Å². The van der Waals surface area contributed by atoms with Gasteiger partial charge in [0.2, 0.25) is 0 Å². The molecular weight excluding hydrogens is 304 g/mol. The molecule has 0 spiro atoms. The van der Waals surface area contributed by atoms with E-state index in [-0.39, 0.29) is 5.91 Å². The van der Waals surface area contributed by atoms with E-state index < -0.39 is 0 Å². The molecule has 0 bridgehead atoms. The normalized spacial score (nSPS) is 18.0. The van der Waals surface area contributed by atoms with Gasteiger partial charge in [0.15, 0.2) is 0 Å². The summed E-state index contributed by atoms with van der Waals surface area (Å²) in [6.45, 7) is 2.15. The molecule has 1 N–H and O–H groups in total. The lowest BCUT2D eigenvalue weighted by molar-refractivity contribution is 0.0911. The van der Waals surface area contributed by atoms with E-state index in [0.717, 1.165) is 11.0 Å². The van der Waals surface area contributed by atoms with E-state index in [1.54, 1.807) is 18.3 Å². The van der Waals surface area contributed by atoms with E-state index in [2.05, 4.69) is 33.2 Å². The van der Waals surface area contributed by atoms with Gasteiger partial charge in [-0.1, -0.05) is 26.2 Å². The van der Waals surface area contributed by atoms with E-state index in [4.69, 9.17) is 0 Å². The fourth-order valence-electron chi connectivity index (χ4n) is 2.85. The first kappa shape index (κ1) is 14.5. The van der Waals surface area contributed by atoms with Gasteiger partial charge in [-0.2, -0.15) is 0 Å². The second kappa shape index (κ2) is 7.04. The number of rotatable bonds is 4. The van der Waals surface area contributed by atoms with Gasteiger partial charge in [-0.05, 0) is 53.2 Å². The van der Waals surface area contributed by atoms with Gasteiger partial charge < -0.3 is 5.32 Å². The minimum absolute atomic E-state index is 0.00239. The molecule has 1 amide bonds. The van der Waals surface area contributed by atoms with E-state index in [0.29, 0.717) is 17.5 Å². The molecule has 1 fully saturated rings. The lowest BCUT2D eigenvalue weighted by Gasteiger charge is -2.30. The van der Waals surface area contributed by atoms with Crippen LogP contribution in [0.3, 0.4) is 0 Å². The van der Waals surface area contributed by atoms with Crippen LogP contribution >= 0.6 is 15.9 Å². The van der Waals surface area contributed by atoms with Gasteiger partial charge in [-0.25, -0.2) is 4.98 Å². The van der Waals surface area contributed by atoms with Crippen LogP contribution in [0.2, 0.25) is 0 Å². The van der Waals surface area contributed by atoms with Gasteiger partial charge in [0.05, 0.1) is 5.56 Å². The highest BCUT2D eigenvalue weighted by atomic mass is 79.9. The Hall–Kier alpha value is -0.900. The first-order valence-corrected chi connectivity index (χ1v) is 7.92. The monoisotopic (exact) mass is 324 g/mol. The molecule has 1 aliphatic carbocycles. The topological polar surface area (TPSA) is 42.0 Å². The van der Waals surface area contributed by atoms with Crippen molar-refractivity contribution >= 4 is 21.8 Å². The summed E-state index contributed by atoms with van der Waals surface area (Å²) in [5.74, 6) is 0.642. The van der Waals surface area contributed by atoms with Gasteiger partial charge in [-0.15, -0.1) is 0 Å². The van der Waals surface area contributed by atoms with Gasteiger partial charge in [0.25, 0.3) is 5.91 Å². The van der Waals surface area contributed by atoms with E-state index in [1.807, 2.05) is 0 Å². The Balaban J connectivity index is 1.97. The summed E-state index contributed by atoms with van der Waals surface area (Å²) >= 11 is 3.28. The zero-order valence-electron chi connectivity index (χ0n) is 11.4. The second-order valence-corrected chi connectivity index (χ2v) is 6.07. The van der Waals surface area contributed by atoms with Crippen molar-refractivity contribution in [2.75, 3.05) is 0 Å². The molecule has 1 atom stereocenters. The predicted octanol–water partition coefficient (Wildman–Crippen LogP) is 3.93. The van der Waals surface area contributed by atoms with Crippen LogP contribution in [-0.4, -0.2) is 16.9 Å². The summed E-state index contributed by atoms with van der Waals surface area (Å²) in [4.78, 5) is 16.3. The van der Waals surface area contributed by atoms with Crippen molar-refractivity contribution in [3.63, 3.8) is 0 Å². The Morgan fingerprint density at radius 2 is 2.16 bits per heavy atom. The third-order valence-corrected chi connectivity index (χ3v) is 4.43. The maximum atomic E-state index is 12.2. The Morgan fingerprint density at radius 1 is 1.42 bits per heavy atom. The lowest BCUT2D eigenvalue weighted by atomic mass is 9.83. The summed E-state index contributed by atoms with van der Waals surface area (Å²) < 4.78 is 0.753. The first-order chi connectivity index (χ1) is 9.20. The van der Waals surface area contributed by atoms with Crippen LogP contribution in [0.15, 0.2) is 22.9 Å². The number of hydrogen-bond donors (Lipinski definition) is 1. The fourth-order valence-corrected chi connectivity index (χ4v) is 3.09. The molecule has 3 nitrogen and oxygen atoms in total. The third kappa shape index (κ3) is 4.03. The molecule has 0 aliphatic heterocycles. The van der Waals surface area contributed by atoms with Crippen molar-refractivity contribution in [3.8, 4) is 0 Å². The summed E-state index contributed by atoms with van der Waals surface area (Å²) in [5.41, 5.74) is 0.637. The summed E-state index contributed by atoms with van der Waals surface area (Å²) in [7, 11) is 0. The highest BCUT2D eigenvalue weighted by molar-refractivity contribution is 9.10. The standard InChI is InChI=1S/C15H21BrN2O/c1-2-13(11-6-4-3-5-7-11)18-15(19)12-8-9-14(16)17-10-12/h8-11,13H,2-7H2,1H3,(H,18,19). The quantitative estimate of drug-likeness (QED) is 0.852. The molecule has 1 heterocycles. The van der Waals surface area contributed by atoms with Gasteiger partial charge >= 0.3 is 0 Å². The average molecular weight is 325 g/mol. The van der Waals surface area contributed by atoms with Gasteiger partial charge in [-0.3, -0.25) is 4.79 Å². The average Bonchev–Trinajstić information content (AvgIpc) is 2.46. The third-order valence-electron chi connectivity index (χ3n) is 3.96. The van der Waals surface area contributed by atoms with Crippen LogP contribution in [0.4, 0.5) is 0 Å². The van der Waals surface area contributed by atoms with Crippen molar-refractivity contribution in [2.45, 2.75) is 51.5 Å². The van der Waals surface area contributed by atoms with Crippen molar-refractivity contribution in [3.05, 3.63) is 28.5 Å². The van der Waals surface area contributed by atoms with Crippen molar-refractivity contribution in [2.24, 2.45) is 5.92 Å². The lowest BCUT2D eigenvalue weighted by Crippen LogP contribution is -2.40. The number of halogens is 1. The smallest absolute Gasteiger partial charge is 0.253 e. The Morgan fingerprint density at radius 3 is 2.74 bits per heavy atom. The van der Waals surface area contributed by atoms with Gasteiger partial charge in [0.1, 0.15) is 4.60 Å². The fraction of sp³-hybridized carbons (Fsp3) is 0.600. The first-order valence-electron chi connectivity index (χ1n) is 7.13. The summed E-state index contributed by atoms with van der Waals surface area (Å²) in [6, 6.07) is 3.91. The van der Waals surface area contributed by atoms with Crippen molar-refractivity contribution < 1.29 is 4.79 Å². The Kier molecular flexibility index (Phi) is 5.37. The maximum Gasteiger partial charge on any atom is 0.253 e. The SMILES string of the molecule is CCC(NC(=O)c1ccc(Br)nc1)C1CCCCC1. The van der Waals surface area contributed by atoms with E-state index in [9.17, 15) is 4.79 Å². The molecule has 0 radical (unpaired) electrons. The van der Waals surface area contributed by atoms with Crippen molar-refractivity contribution in [1.82, 2.24) is 10.3 Å². The molecule has 1 aromatic rings. The molecule has 0 aromatic carbocycles. The zero-order valence-corrected chi connectivity index (χ0v) is 12.9. The van der Waals surface area contributed by atoms with Crippen LogP contribution in [0.5, 0.6) is 0 Å². The number of nitrogens with one attached hydrogen (secondary N) is 1. The zero-order chi connectivity index (χ0) is 13.7. The molecule has 1 unspecified atom stereocenters. The minimum Gasteiger partial charge on any atom is -0.349 e. The number of aromatic nitrogens is 1. The Bertz CT molecular complexity index is 413. The molecule has 1 aliphatic rings. The molecule has 2 rings (SSSR count). The molecule has 1 aromatic heterocycles. The Labute approximate surface area is 123 Å². The maximum absolute atomic E-state index is 12.2. The number of carbonyl (C=O) groups is 1. The largest absolute Gasteiger partial charge is 0.349 e. The number of hydrogen-bond acceptors (Lipinski definition) is 2. The van der Waals surface area contributed by atoms with Crippen LogP contribution in [0.1, 0.15) is 55.8 Å². The number of pyridine rings is 1. The molecule has 104 valence electrons. The molecule has 19 heavy (non-hydrogen) atoms. The number of nitrogens with zero attached hydrogens (tertiary/aromatic N) is 1. The highest BCUT2D eigenvalue weighted by Gasteiger charge is 2.24. The molecule has 0 saturated heterocycles. The predicted molar refractivity (Wildman–Crippen MR) is 80.1 cm³/mol. The summed E-state index contributed by atoms with van der Waals surface area (Å²) in [6.07, 6.45) is 9.06. The van der Waals surface area contributed by atoms with E-state index >= 15 is 0 Å². The minimum atomic E-state index is -0.00239. The van der Waals surface area contributed by atoms with E-state index in [1.165, 1.54) is 32.1 Å². The van der Waals surface area contributed by atoms with Crippen LogP contribution < -0.4 is 5.32 Å². The molecular formula is C15H21BrN2O. The number of carbonyl (C=O) groups excluding carboxylic acids is 1. The molecule has 4 heteroatoms. The highest BCUT2D eigenvalue weighted by Crippen LogP contribution is 2.27. The van der Waals surface area contributed by atoms with Crippen molar-refractivity contribution in [1.29, 1.82) is 0 Å². The van der Waals surface area contributed by atoms with Crippen LogP contribution in [0, 0.1) is 5.92 Å². The van der Waals surface area contributed by atoms with Gasteiger partial charge in [0, 0.05) is 12.2 Å².